The van der Waals surface area contributed by atoms with Crippen LogP contribution in [0.3, 0.4) is 0 Å². The maximum atomic E-state index is 10.8. The molecule has 82 valence electrons. The molecule has 3 nitrogen and oxygen atoms in total. The van der Waals surface area contributed by atoms with E-state index >= 15 is 0 Å². The van der Waals surface area contributed by atoms with E-state index in [2.05, 4.69) is 24.0 Å². The van der Waals surface area contributed by atoms with E-state index in [1.807, 2.05) is 6.92 Å². The average Bonchev–Trinajstić information content (AvgIpc) is 2.02. The number of hydrogen-bond donors (Lipinski definition) is 2. The Hall–Kier alpha value is -0.210. The van der Waals surface area contributed by atoms with Gasteiger partial charge < -0.3 is 10.8 Å². The Morgan fingerprint density at radius 3 is 2.07 bits per heavy atom. The van der Waals surface area contributed by atoms with Crippen molar-refractivity contribution in [1.82, 2.24) is 5.09 Å². The second kappa shape index (κ2) is 8.13. The predicted molar refractivity (Wildman–Crippen MR) is 65.7 cm³/mol. The van der Waals surface area contributed by atoms with Crippen LogP contribution < -0.4 is 10.8 Å². The lowest BCUT2D eigenvalue weighted by Crippen LogP contribution is -1.99. The Labute approximate surface area is 94.7 Å². The lowest BCUT2D eigenvalue weighted by molar-refractivity contribution is 0.589. The second-order valence-electron chi connectivity index (χ2n) is 2.28. The first-order valence-corrected chi connectivity index (χ1v) is 7.21. The number of halogens is 2. The van der Waals surface area contributed by atoms with Crippen LogP contribution in [0, 0.1) is 0 Å². The van der Waals surface area contributed by atoms with Gasteiger partial charge in [-0.1, -0.05) is 24.8 Å². The van der Waals surface area contributed by atoms with Gasteiger partial charge in [0.05, 0.1) is 0 Å². The van der Waals surface area contributed by atoms with Crippen molar-refractivity contribution < 1.29 is 4.57 Å². The van der Waals surface area contributed by atoms with E-state index in [1.165, 1.54) is 7.05 Å². The fraction of sp³-hybridized carbons (Fsp3) is 0.250. The molecule has 0 aromatic rings. The minimum Gasteiger partial charge on any atom is -0.333 e. The molecular weight excluding hydrogens is 242 g/mol. The summed E-state index contributed by atoms with van der Waals surface area (Å²) in [6, 6.07) is 0. The van der Waals surface area contributed by atoms with E-state index in [-0.39, 0.29) is 0 Å². The fourth-order valence-corrected chi connectivity index (χ4v) is 1.51. The molecule has 6 heteroatoms. The molecule has 0 saturated carbocycles. The van der Waals surface area contributed by atoms with E-state index in [0.29, 0.717) is 5.70 Å². The van der Waals surface area contributed by atoms with Gasteiger partial charge >= 0.3 is 6.00 Å². The van der Waals surface area contributed by atoms with Crippen molar-refractivity contribution in [1.29, 1.82) is 0 Å². The van der Waals surface area contributed by atoms with Crippen molar-refractivity contribution in [2.24, 2.45) is 5.73 Å². The third kappa shape index (κ3) is 14.3. The number of allylic oxidation sites excluding steroid dienone is 3. The lowest BCUT2D eigenvalue weighted by Gasteiger charge is -2.04. The Morgan fingerprint density at radius 2 is 1.79 bits per heavy atom. The number of rotatable bonds is 4. The highest BCUT2D eigenvalue weighted by Crippen LogP contribution is 2.52. The van der Waals surface area contributed by atoms with Crippen molar-refractivity contribution in [3.8, 4) is 0 Å². The third-order valence-corrected chi connectivity index (χ3v) is 1.90. The molecule has 0 spiro atoms. The molecule has 0 aliphatic rings. The highest BCUT2D eigenvalue weighted by Gasteiger charge is 2.11. The summed E-state index contributed by atoms with van der Waals surface area (Å²) in [5.41, 5.74) is 5.75. The maximum Gasteiger partial charge on any atom is 0.343 e. The Morgan fingerprint density at radius 1 is 1.36 bits per heavy atom. The molecule has 0 heterocycles. The molecule has 0 radical (unpaired) electrons. The van der Waals surface area contributed by atoms with Crippen molar-refractivity contribution in [3.05, 3.63) is 36.6 Å². The van der Waals surface area contributed by atoms with Crippen LogP contribution in [-0.2, 0) is 4.57 Å². The van der Waals surface area contributed by atoms with Crippen molar-refractivity contribution in [2.75, 3.05) is 7.05 Å². The minimum absolute atomic E-state index is 0.395. The van der Waals surface area contributed by atoms with Gasteiger partial charge in [-0.3, -0.25) is 4.57 Å². The molecule has 0 atom stereocenters. The van der Waals surface area contributed by atoms with E-state index in [9.17, 15) is 4.57 Å². The van der Waals surface area contributed by atoms with Gasteiger partial charge in [0.25, 0.3) is 0 Å². The Balaban J connectivity index is 0. The summed E-state index contributed by atoms with van der Waals surface area (Å²) in [5, 5.41) is 2.34. The summed E-state index contributed by atoms with van der Waals surface area (Å²) in [7, 11) is 1.50. The monoisotopic (exact) mass is 256 g/mol. The lowest BCUT2D eigenvalue weighted by atomic mass is 10.3. The molecule has 0 aliphatic carbocycles. The van der Waals surface area contributed by atoms with Crippen LogP contribution >= 0.6 is 28.5 Å². The second-order valence-corrected chi connectivity index (χ2v) is 6.80. The summed E-state index contributed by atoms with van der Waals surface area (Å²) in [6.45, 7) is 8.99. The van der Waals surface area contributed by atoms with Crippen LogP contribution in [0.25, 0.3) is 0 Å². The first-order chi connectivity index (χ1) is 6.31. The summed E-state index contributed by atoms with van der Waals surface area (Å²) < 4.78 is 10.8. The van der Waals surface area contributed by atoms with Crippen LogP contribution in [0.5, 0.6) is 0 Å². The van der Waals surface area contributed by atoms with Crippen LogP contribution in [0.1, 0.15) is 6.92 Å². The van der Waals surface area contributed by atoms with Crippen molar-refractivity contribution in [3.63, 3.8) is 0 Å². The molecule has 0 aromatic heterocycles. The van der Waals surface area contributed by atoms with Gasteiger partial charge in [-0.25, -0.2) is 0 Å². The maximum absolute atomic E-state index is 10.8. The molecule has 0 aromatic carbocycles. The van der Waals surface area contributed by atoms with E-state index < -0.39 is 6.00 Å². The first-order valence-electron chi connectivity index (χ1n) is 3.69. The van der Waals surface area contributed by atoms with Crippen LogP contribution in [0.2, 0.25) is 0 Å². The number of nitrogens with one attached hydrogen (secondary N) is 1. The number of hydrogen-bond acceptors (Lipinski definition) is 2. The van der Waals surface area contributed by atoms with Crippen LogP contribution in [-0.4, -0.2) is 7.05 Å². The smallest absolute Gasteiger partial charge is 0.333 e. The van der Waals surface area contributed by atoms with Crippen LogP contribution in [0.15, 0.2) is 36.6 Å². The molecule has 0 aliphatic heterocycles. The molecule has 0 saturated heterocycles. The topological polar surface area (TPSA) is 55.1 Å². The zero-order valence-corrected chi connectivity index (χ0v) is 10.7. The summed E-state index contributed by atoms with van der Waals surface area (Å²) in [5.74, 6) is -3.27. The highest BCUT2D eigenvalue weighted by atomic mass is 35.9. The largest absolute Gasteiger partial charge is 0.343 e. The number of nitrogens with two attached hydrogens (primary N) is 1. The molecular formula is C8H15Cl2N2OP. The molecule has 3 N–H and O–H groups in total. The summed E-state index contributed by atoms with van der Waals surface area (Å²) in [4.78, 5) is 0. The zero-order valence-electron chi connectivity index (χ0n) is 8.26. The zero-order chi connectivity index (χ0) is 11.8. The minimum atomic E-state index is -3.27. The standard InChI is InChI=1S/C7H10Cl2NOP.CH5N/c1-6(2)4-5-7(3)10-12(8,9)11;1-2/h4-5H,1,3H2,2H3,(H,10,11);2H2,1H3/b5-4-;. The average molecular weight is 257 g/mol. The normalized spacial score (nSPS) is 10.4. The van der Waals surface area contributed by atoms with Gasteiger partial charge in [-0.05, 0) is 42.5 Å². The molecule has 0 amide bonds. The third-order valence-electron chi connectivity index (χ3n) is 0.843. The van der Waals surface area contributed by atoms with Gasteiger partial charge in [0.15, 0.2) is 0 Å². The molecule has 14 heavy (non-hydrogen) atoms. The van der Waals surface area contributed by atoms with E-state index in [1.54, 1.807) is 12.2 Å². The van der Waals surface area contributed by atoms with Gasteiger partial charge in [0.2, 0.25) is 0 Å². The van der Waals surface area contributed by atoms with Gasteiger partial charge in [0.1, 0.15) is 0 Å². The fourth-order valence-electron chi connectivity index (χ4n) is 0.447. The van der Waals surface area contributed by atoms with Crippen molar-refractivity contribution >= 4 is 28.5 Å². The van der Waals surface area contributed by atoms with E-state index in [4.69, 9.17) is 22.5 Å². The molecule has 0 bridgehead atoms. The molecule has 0 rings (SSSR count). The summed E-state index contributed by atoms with van der Waals surface area (Å²) >= 11 is 10.5. The molecule has 0 unspecified atom stereocenters. The highest BCUT2D eigenvalue weighted by molar-refractivity contribution is 8.07. The van der Waals surface area contributed by atoms with Gasteiger partial charge in [-0.2, -0.15) is 0 Å². The van der Waals surface area contributed by atoms with Crippen LogP contribution in [0.4, 0.5) is 0 Å². The quantitative estimate of drug-likeness (QED) is 0.599. The van der Waals surface area contributed by atoms with E-state index in [0.717, 1.165) is 5.57 Å². The first kappa shape index (κ1) is 16.2. The predicted octanol–water partition coefficient (Wildman–Crippen LogP) is 3.38. The van der Waals surface area contributed by atoms with Gasteiger partial charge in [-0.15, -0.1) is 0 Å². The Kier molecular flexibility index (Phi) is 9.42. The van der Waals surface area contributed by atoms with Crippen molar-refractivity contribution in [2.45, 2.75) is 6.92 Å². The van der Waals surface area contributed by atoms with Gasteiger partial charge in [0, 0.05) is 5.70 Å². The Bertz CT molecular complexity index is 271. The summed E-state index contributed by atoms with van der Waals surface area (Å²) in [6.07, 6.45) is 3.30. The molecule has 0 fully saturated rings. The SMILES string of the molecule is C=C(C)/C=C\C(=C)NP(=O)(Cl)Cl.CN.